The molecule has 0 fully saturated rings. The zero-order valence-electron chi connectivity index (χ0n) is 11.2. The Labute approximate surface area is 121 Å². The van der Waals surface area contributed by atoms with E-state index in [-0.39, 0.29) is 0 Å². The third kappa shape index (κ3) is 2.55. The van der Waals surface area contributed by atoms with Crippen LogP contribution in [0, 0.1) is 0 Å². The zero-order valence-corrected chi connectivity index (χ0v) is 11.9. The molecule has 0 bridgehead atoms. The first-order valence-electron chi connectivity index (χ1n) is 6.47. The molecule has 1 aromatic heterocycles. The Hall–Kier alpha value is -1.85. The second-order valence-electron chi connectivity index (χ2n) is 5.05. The highest BCUT2D eigenvalue weighted by atomic mass is 35.5. The van der Waals surface area contributed by atoms with E-state index < -0.39 is 5.79 Å². The average molecular weight is 290 g/mol. The van der Waals surface area contributed by atoms with E-state index in [1.165, 1.54) is 5.56 Å². The summed E-state index contributed by atoms with van der Waals surface area (Å²) in [7, 11) is 0. The Morgan fingerprint density at radius 1 is 1.40 bits per heavy atom. The maximum Gasteiger partial charge on any atom is 0.197 e. The lowest BCUT2D eigenvalue weighted by Gasteiger charge is -2.27. The van der Waals surface area contributed by atoms with Gasteiger partial charge in [0.1, 0.15) is 0 Å². The van der Waals surface area contributed by atoms with Gasteiger partial charge < -0.3 is 4.98 Å². The molecule has 0 radical (unpaired) electrons. The lowest BCUT2D eigenvalue weighted by Crippen LogP contribution is -2.52. The molecule has 3 rings (SSSR count). The van der Waals surface area contributed by atoms with E-state index in [1.807, 2.05) is 31.3 Å². The number of aryl methyl sites for hydroxylation is 1. The zero-order chi connectivity index (χ0) is 14.2. The number of aliphatic imine (C=N–C) groups is 1. The highest BCUT2D eigenvalue weighted by molar-refractivity contribution is 6.31. The van der Waals surface area contributed by atoms with Crippen molar-refractivity contribution >= 4 is 34.4 Å². The van der Waals surface area contributed by atoms with E-state index in [0.717, 1.165) is 28.1 Å². The van der Waals surface area contributed by atoms with Crippen molar-refractivity contribution in [2.24, 2.45) is 15.8 Å². The van der Waals surface area contributed by atoms with Gasteiger partial charge in [-0.25, -0.2) is 4.99 Å². The van der Waals surface area contributed by atoms with Crippen LogP contribution >= 0.6 is 11.6 Å². The number of aromatic amines is 1. The summed E-state index contributed by atoms with van der Waals surface area (Å²) in [6, 6.07) is 5.82. The third-order valence-corrected chi connectivity index (χ3v) is 3.63. The maximum absolute atomic E-state index is 6.19. The fraction of sp³-hybridized carbons (Fsp3) is 0.286. The molecule has 0 amide bonds. The van der Waals surface area contributed by atoms with Gasteiger partial charge >= 0.3 is 0 Å². The molecule has 1 aliphatic heterocycles. The van der Waals surface area contributed by atoms with Gasteiger partial charge in [-0.15, -0.1) is 0 Å². The monoisotopic (exact) mass is 289 g/mol. The summed E-state index contributed by atoms with van der Waals surface area (Å²) in [5, 5.41) is 5.89. The van der Waals surface area contributed by atoms with E-state index >= 15 is 0 Å². The molecule has 20 heavy (non-hydrogen) atoms. The fourth-order valence-corrected chi connectivity index (χ4v) is 2.57. The summed E-state index contributed by atoms with van der Waals surface area (Å²) in [6.45, 7) is 1.89. The Morgan fingerprint density at radius 3 is 3.05 bits per heavy atom. The maximum atomic E-state index is 6.19. The van der Waals surface area contributed by atoms with Crippen molar-refractivity contribution in [1.29, 1.82) is 0 Å². The minimum absolute atomic E-state index is 0.654. The van der Waals surface area contributed by atoms with E-state index in [1.54, 1.807) is 6.21 Å². The number of nitrogens with one attached hydrogen (secondary N) is 2. The minimum atomic E-state index is -0.832. The quantitative estimate of drug-likeness (QED) is 0.811. The van der Waals surface area contributed by atoms with Gasteiger partial charge in [-0.05, 0) is 37.1 Å². The standard InChI is InChI=1S/C14H16ClN5/c1-9-7-18-20-14(16,19-9)5-4-10-8-17-13-3-2-11(15)6-12(10)13/h2-3,6-8,17,20H,4-5,16H2,1H3. The minimum Gasteiger partial charge on any atom is -0.361 e. The molecule has 1 aromatic carbocycles. The van der Waals surface area contributed by atoms with Crippen molar-refractivity contribution in [3.05, 3.63) is 35.0 Å². The first kappa shape index (κ1) is 13.1. The Balaban J connectivity index is 1.80. The van der Waals surface area contributed by atoms with Gasteiger partial charge in [-0.2, -0.15) is 5.10 Å². The van der Waals surface area contributed by atoms with Crippen LogP contribution in [-0.4, -0.2) is 22.7 Å². The van der Waals surface area contributed by atoms with E-state index in [2.05, 4.69) is 20.5 Å². The van der Waals surface area contributed by atoms with E-state index in [0.29, 0.717) is 6.42 Å². The highest BCUT2D eigenvalue weighted by Crippen LogP contribution is 2.24. The molecule has 104 valence electrons. The number of nitrogens with zero attached hydrogens (tertiary/aromatic N) is 2. The summed E-state index contributed by atoms with van der Waals surface area (Å²) in [5.41, 5.74) is 12.1. The number of benzene rings is 1. The first-order valence-corrected chi connectivity index (χ1v) is 6.85. The number of aromatic nitrogens is 1. The average Bonchev–Trinajstić information content (AvgIpc) is 2.78. The number of rotatable bonds is 3. The molecule has 0 spiro atoms. The predicted molar refractivity (Wildman–Crippen MR) is 83.3 cm³/mol. The SMILES string of the molecule is CC1=NC(N)(CCc2c[nH]c3ccc(Cl)cc23)NN=C1. The third-order valence-electron chi connectivity index (χ3n) is 3.39. The van der Waals surface area contributed by atoms with Crippen LogP contribution in [0.15, 0.2) is 34.5 Å². The van der Waals surface area contributed by atoms with Crippen LogP contribution in [0.1, 0.15) is 18.9 Å². The molecule has 1 unspecified atom stereocenters. The van der Waals surface area contributed by atoms with E-state index in [9.17, 15) is 0 Å². The number of fused-ring (bicyclic) bond motifs is 1. The number of hydrogen-bond donors (Lipinski definition) is 3. The largest absolute Gasteiger partial charge is 0.361 e. The fourth-order valence-electron chi connectivity index (χ4n) is 2.40. The molecule has 0 aliphatic carbocycles. The number of hydrazone groups is 1. The molecule has 2 aromatic rings. The second kappa shape index (κ2) is 4.92. The molecule has 6 heteroatoms. The van der Waals surface area contributed by atoms with Crippen molar-refractivity contribution in [1.82, 2.24) is 10.4 Å². The van der Waals surface area contributed by atoms with Gasteiger partial charge in [-0.3, -0.25) is 11.2 Å². The van der Waals surface area contributed by atoms with Crippen molar-refractivity contribution < 1.29 is 0 Å². The van der Waals surface area contributed by atoms with Crippen LogP contribution in [0.2, 0.25) is 5.02 Å². The van der Waals surface area contributed by atoms with Crippen LogP contribution in [0.25, 0.3) is 10.9 Å². The topological polar surface area (TPSA) is 78.6 Å². The smallest absolute Gasteiger partial charge is 0.197 e. The molecule has 1 aliphatic rings. The number of nitrogens with two attached hydrogens (primary N) is 1. The van der Waals surface area contributed by atoms with Crippen molar-refractivity contribution in [2.45, 2.75) is 25.6 Å². The normalized spacial score (nSPS) is 21.9. The van der Waals surface area contributed by atoms with Gasteiger partial charge in [0, 0.05) is 28.5 Å². The molecule has 2 heterocycles. The van der Waals surface area contributed by atoms with Crippen LogP contribution in [0.4, 0.5) is 0 Å². The van der Waals surface area contributed by atoms with E-state index in [4.69, 9.17) is 17.3 Å². The van der Waals surface area contributed by atoms with Crippen molar-refractivity contribution in [3.8, 4) is 0 Å². The molecular formula is C14H16ClN5. The molecule has 4 N–H and O–H groups in total. The Morgan fingerprint density at radius 2 is 2.25 bits per heavy atom. The molecular weight excluding hydrogens is 274 g/mol. The van der Waals surface area contributed by atoms with Gasteiger partial charge in [0.2, 0.25) is 0 Å². The van der Waals surface area contributed by atoms with Crippen LogP contribution in [0.3, 0.4) is 0 Å². The Bertz CT molecular complexity index is 703. The summed E-state index contributed by atoms with van der Waals surface area (Å²) < 4.78 is 0. The second-order valence-corrected chi connectivity index (χ2v) is 5.49. The summed E-state index contributed by atoms with van der Waals surface area (Å²) in [4.78, 5) is 7.65. The predicted octanol–water partition coefficient (Wildman–Crippen LogP) is 2.42. The first-order chi connectivity index (χ1) is 9.56. The van der Waals surface area contributed by atoms with Crippen molar-refractivity contribution in [2.75, 3.05) is 0 Å². The van der Waals surface area contributed by atoms with Crippen LogP contribution in [0.5, 0.6) is 0 Å². The molecule has 0 saturated carbocycles. The van der Waals surface area contributed by atoms with Gasteiger partial charge in [0.25, 0.3) is 0 Å². The summed E-state index contributed by atoms with van der Waals surface area (Å²) in [6.07, 6.45) is 5.10. The summed E-state index contributed by atoms with van der Waals surface area (Å²) in [5.74, 6) is -0.832. The van der Waals surface area contributed by atoms with Gasteiger partial charge in [0.15, 0.2) is 5.79 Å². The molecule has 5 nitrogen and oxygen atoms in total. The van der Waals surface area contributed by atoms with Gasteiger partial charge in [-0.1, -0.05) is 11.6 Å². The molecule has 0 saturated heterocycles. The Kier molecular flexibility index (Phi) is 3.23. The van der Waals surface area contributed by atoms with Crippen molar-refractivity contribution in [3.63, 3.8) is 0 Å². The number of halogens is 1. The number of H-pyrrole nitrogens is 1. The highest BCUT2D eigenvalue weighted by Gasteiger charge is 2.25. The van der Waals surface area contributed by atoms with Gasteiger partial charge in [0.05, 0.1) is 11.9 Å². The molecule has 1 atom stereocenters. The summed E-state index contributed by atoms with van der Waals surface area (Å²) >= 11 is 6.05. The number of hydrogen-bond acceptors (Lipinski definition) is 4. The van der Waals surface area contributed by atoms with Crippen LogP contribution in [-0.2, 0) is 6.42 Å². The van der Waals surface area contributed by atoms with Crippen LogP contribution < -0.4 is 11.2 Å². The lowest BCUT2D eigenvalue weighted by molar-refractivity contribution is 0.332. The lowest BCUT2D eigenvalue weighted by atomic mass is 10.1.